The molecule has 0 bridgehead atoms. The van der Waals surface area contributed by atoms with E-state index in [1.165, 1.54) is 25.7 Å². The van der Waals surface area contributed by atoms with E-state index < -0.39 is 0 Å². The summed E-state index contributed by atoms with van der Waals surface area (Å²) in [7, 11) is 0. The van der Waals surface area contributed by atoms with Gasteiger partial charge in [0.2, 0.25) is 0 Å². The van der Waals surface area contributed by atoms with E-state index in [4.69, 9.17) is 4.74 Å². The Morgan fingerprint density at radius 3 is 2.47 bits per heavy atom. The van der Waals surface area contributed by atoms with E-state index in [0.29, 0.717) is 17.7 Å². The molecule has 0 aromatic heterocycles. The molecule has 2 rings (SSSR count). The Labute approximate surface area is 93.8 Å². The van der Waals surface area contributed by atoms with Crippen molar-refractivity contribution in [2.24, 2.45) is 5.92 Å². The van der Waals surface area contributed by atoms with Gasteiger partial charge in [0.1, 0.15) is 0 Å². The molecule has 2 aliphatic rings. The molecule has 1 aliphatic heterocycles. The van der Waals surface area contributed by atoms with Gasteiger partial charge in [-0.1, -0.05) is 13.8 Å². The van der Waals surface area contributed by atoms with E-state index >= 15 is 0 Å². The summed E-state index contributed by atoms with van der Waals surface area (Å²) in [6, 6.07) is 0.525. The Bertz CT molecular complexity index is 209. The molecule has 2 heteroatoms. The Morgan fingerprint density at radius 1 is 1.27 bits per heavy atom. The molecule has 2 fully saturated rings. The average molecular weight is 211 g/mol. The highest BCUT2D eigenvalue weighted by Gasteiger charge is 2.40. The van der Waals surface area contributed by atoms with Crippen molar-refractivity contribution in [2.75, 3.05) is 6.61 Å². The fourth-order valence-corrected chi connectivity index (χ4v) is 3.10. The third kappa shape index (κ3) is 2.36. The molecular formula is C13H25NO. The van der Waals surface area contributed by atoms with Crippen LogP contribution in [0.5, 0.6) is 0 Å². The molecule has 1 N–H and O–H groups in total. The molecule has 2 unspecified atom stereocenters. The van der Waals surface area contributed by atoms with Crippen molar-refractivity contribution in [1.82, 2.24) is 5.32 Å². The van der Waals surface area contributed by atoms with Crippen molar-refractivity contribution in [1.29, 1.82) is 0 Å². The van der Waals surface area contributed by atoms with E-state index in [1.807, 2.05) is 0 Å². The monoisotopic (exact) mass is 211 g/mol. The third-order valence-electron chi connectivity index (χ3n) is 4.30. The molecule has 15 heavy (non-hydrogen) atoms. The van der Waals surface area contributed by atoms with Gasteiger partial charge in [0.25, 0.3) is 0 Å². The molecule has 1 heterocycles. The first kappa shape index (κ1) is 11.4. The van der Waals surface area contributed by atoms with Gasteiger partial charge in [0.15, 0.2) is 0 Å². The van der Waals surface area contributed by atoms with Crippen molar-refractivity contribution in [3.63, 3.8) is 0 Å². The Morgan fingerprint density at radius 2 is 1.93 bits per heavy atom. The minimum absolute atomic E-state index is 0.317. The van der Waals surface area contributed by atoms with Crippen molar-refractivity contribution in [3.05, 3.63) is 0 Å². The summed E-state index contributed by atoms with van der Waals surface area (Å²) in [6.45, 7) is 7.79. The molecule has 0 aromatic carbocycles. The van der Waals surface area contributed by atoms with Crippen LogP contribution in [0.4, 0.5) is 0 Å². The lowest BCUT2D eigenvalue weighted by molar-refractivity contribution is -0.0735. The number of morpholine rings is 1. The maximum Gasteiger partial charge on any atom is 0.0723 e. The maximum absolute atomic E-state index is 6.01. The Kier molecular flexibility index (Phi) is 3.36. The fourth-order valence-electron chi connectivity index (χ4n) is 3.10. The summed E-state index contributed by atoms with van der Waals surface area (Å²) < 4.78 is 6.01. The van der Waals surface area contributed by atoms with Gasteiger partial charge in [-0.2, -0.15) is 0 Å². The van der Waals surface area contributed by atoms with Crippen LogP contribution in [0.2, 0.25) is 0 Å². The molecule has 2 nitrogen and oxygen atoms in total. The van der Waals surface area contributed by atoms with Gasteiger partial charge >= 0.3 is 0 Å². The quantitative estimate of drug-likeness (QED) is 0.720. The summed E-state index contributed by atoms with van der Waals surface area (Å²) in [5.74, 6) is 0.914. The summed E-state index contributed by atoms with van der Waals surface area (Å²) in [6.07, 6.45) is 6.87. The second-order valence-corrected chi connectivity index (χ2v) is 5.65. The normalized spacial score (nSPS) is 47.0. The van der Waals surface area contributed by atoms with Gasteiger partial charge in [-0.05, 0) is 44.9 Å². The SMILES string of the molecule is CCC1OCC2(CCC(C)CC2)NC1C. The minimum atomic E-state index is 0.317. The minimum Gasteiger partial charge on any atom is -0.375 e. The van der Waals surface area contributed by atoms with Gasteiger partial charge in [-0.25, -0.2) is 0 Å². The van der Waals surface area contributed by atoms with Crippen molar-refractivity contribution >= 4 is 0 Å². The zero-order valence-electron chi connectivity index (χ0n) is 10.4. The molecule has 88 valence electrons. The predicted molar refractivity (Wildman–Crippen MR) is 63.0 cm³/mol. The lowest BCUT2D eigenvalue weighted by atomic mass is 9.76. The highest BCUT2D eigenvalue weighted by molar-refractivity contribution is 4.98. The Balaban J connectivity index is 1.94. The molecule has 2 atom stereocenters. The maximum atomic E-state index is 6.01. The summed E-state index contributed by atoms with van der Waals surface area (Å²) in [5, 5.41) is 3.83. The third-order valence-corrected chi connectivity index (χ3v) is 4.30. The van der Waals surface area contributed by atoms with Gasteiger partial charge in [-0.15, -0.1) is 0 Å². The molecule has 0 amide bonds. The number of nitrogens with one attached hydrogen (secondary N) is 1. The highest BCUT2D eigenvalue weighted by atomic mass is 16.5. The number of hydrogen-bond donors (Lipinski definition) is 1. The average Bonchev–Trinajstić information content (AvgIpc) is 2.23. The van der Waals surface area contributed by atoms with Gasteiger partial charge in [0, 0.05) is 11.6 Å². The van der Waals surface area contributed by atoms with Gasteiger partial charge in [-0.3, -0.25) is 0 Å². The smallest absolute Gasteiger partial charge is 0.0723 e. The first-order valence-electron chi connectivity index (χ1n) is 6.54. The van der Waals surface area contributed by atoms with E-state index in [-0.39, 0.29) is 0 Å². The molecular weight excluding hydrogens is 186 g/mol. The van der Waals surface area contributed by atoms with Crippen LogP contribution in [-0.2, 0) is 4.74 Å². The van der Waals surface area contributed by atoms with E-state index in [1.54, 1.807) is 0 Å². The molecule has 1 aliphatic carbocycles. The molecule has 1 spiro atoms. The first-order chi connectivity index (χ1) is 7.15. The van der Waals surface area contributed by atoms with Crippen LogP contribution in [0.15, 0.2) is 0 Å². The lowest BCUT2D eigenvalue weighted by Gasteiger charge is -2.48. The van der Waals surface area contributed by atoms with Crippen molar-refractivity contribution < 1.29 is 4.74 Å². The van der Waals surface area contributed by atoms with Crippen LogP contribution in [0, 0.1) is 5.92 Å². The van der Waals surface area contributed by atoms with E-state index in [0.717, 1.165) is 18.9 Å². The molecule has 1 saturated carbocycles. The number of ether oxygens (including phenoxy) is 1. The van der Waals surface area contributed by atoms with E-state index in [9.17, 15) is 0 Å². The van der Waals surface area contributed by atoms with Crippen LogP contribution >= 0.6 is 0 Å². The number of rotatable bonds is 1. The van der Waals surface area contributed by atoms with Crippen LogP contribution in [0.3, 0.4) is 0 Å². The molecule has 0 radical (unpaired) electrons. The van der Waals surface area contributed by atoms with Gasteiger partial charge < -0.3 is 10.1 Å². The Hall–Kier alpha value is -0.0800. The predicted octanol–water partition coefficient (Wildman–Crippen LogP) is 2.72. The van der Waals surface area contributed by atoms with Gasteiger partial charge in [0.05, 0.1) is 12.7 Å². The fraction of sp³-hybridized carbons (Fsp3) is 1.00. The summed E-state index contributed by atoms with van der Waals surface area (Å²) >= 11 is 0. The van der Waals surface area contributed by atoms with Crippen LogP contribution in [-0.4, -0.2) is 24.3 Å². The topological polar surface area (TPSA) is 21.3 Å². The van der Waals surface area contributed by atoms with Crippen LogP contribution in [0.1, 0.15) is 52.9 Å². The molecule has 1 saturated heterocycles. The first-order valence-corrected chi connectivity index (χ1v) is 6.54. The standard InChI is InChI=1S/C13H25NO/c1-4-12-11(3)14-13(9-15-12)7-5-10(2)6-8-13/h10-12,14H,4-9H2,1-3H3. The summed E-state index contributed by atoms with van der Waals surface area (Å²) in [4.78, 5) is 0. The molecule has 0 aromatic rings. The zero-order valence-corrected chi connectivity index (χ0v) is 10.4. The van der Waals surface area contributed by atoms with Crippen molar-refractivity contribution in [3.8, 4) is 0 Å². The lowest BCUT2D eigenvalue weighted by Crippen LogP contribution is -2.62. The van der Waals surface area contributed by atoms with Crippen molar-refractivity contribution in [2.45, 2.75) is 70.6 Å². The van der Waals surface area contributed by atoms with E-state index in [2.05, 4.69) is 26.1 Å². The zero-order chi connectivity index (χ0) is 10.9. The highest BCUT2D eigenvalue weighted by Crippen LogP contribution is 2.35. The second kappa shape index (κ2) is 4.42. The van der Waals surface area contributed by atoms with Crippen LogP contribution < -0.4 is 5.32 Å². The second-order valence-electron chi connectivity index (χ2n) is 5.65. The largest absolute Gasteiger partial charge is 0.375 e. The number of hydrogen-bond acceptors (Lipinski definition) is 2. The summed E-state index contributed by atoms with van der Waals surface area (Å²) in [5.41, 5.74) is 0.317. The van der Waals surface area contributed by atoms with Crippen LogP contribution in [0.25, 0.3) is 0 Å².